The average molecular weight is 553 g/mol. The molecule has 0 bridgehead atoms. The minimum Gasteiger partial charge on any atom is -0.0622 e. The molecule has 0 unspecified atom stereocenters. The van der Waals surface area contributed by atoms with Gasteiger partial charge < -0.3 is 0 Å². The summed E-state index contributed by atoms with van der Waals surface area (Å²) in [6.07, 6.45) is 0. The molecule has 3 heteroatoms. The van der Waals surface area contributed by atoms with E-state index in [9.17, 15) is 0 Å². The Morgan fingerprint density at radius 1 is 0.514 bits per heavy atom. The first-order chi connectivity index (χ1) is 17.3. The van der Waals surface area contributed by atoms with Gasteiger partial charge in [0.15, 0.2) is 0 Å². The Morgan fingerprint density at radius 2 is 0.865 bits per heavy atom. The van der Waals surface area contributed by atoms with Gasteiger partial charge in [0.2, 0.25) is 0 Å². The molecule has 0 atom stereocenters. The first kappa shape index (κ1) is 30.5. The van der Waals surface area contributed by atoms with Crippen LogP contribution in [-0.2, 0) is 0 Å². The minimum atomic E-state index is -1.40. The van der Waals surface area contributed by atoms with Crippen LogP contribution in [0.4, 0.5) is 0 Å². The van der Waals surface area contributed by atoms with Gasteiger partial charge in [-0.15, -0.1) is 0 Å². The second kappa shape index (κ2) is 12.0. The van der Waals surface area contributed by atoms with Crippen molar-refractivity contribution < 1.29 is 0 Å². The SMILES string of the molecule is Cc1ccc(P(c2ccccc2)c2ccc(C)cc2[P+](C)(C(C)C)C(C)C)c([P+](C)(C(C)C)C(C)C)c1. The highest BCUT2D eigenvalue weighted by molar-refractivity contribution is 7.90. The van der Waals surface area contributed by atoms with Crippen LogP contribution in [0, 0.1) is 13.8 Å². The van der Waals surface area contributed by atoms with Crippen molar-refractivity contribution in [3.63, 3.8) is 0 Å². The molecule has 0 saturated heterocycles. The van der Waals surface area contributed by atoms with Gasteiger partial charge in [0, 0.05) is 25.1 Å². The van der Waals surface area contributed by atoms with Crippen LogP contribution in [0.25, 0.3) is 0 Å². The van der Waals surface area contributed by atoms with E-state index >= 15 is 0 Å². The van der Waals surface area contributed by atoms with Crippen molar-refractivity contribution in [2.45, 2.75) is 91.9 Å². The first-order valence-corrected chi connectivity index (χ1v) is 20.1. The minimum absolute atomic E-state index is 0.655. The maximum absolute atomic E-state index is 2.62. The Hall–Kier alpha value is -1.05. The van der Waals surface area contributed by atoms with E-state index in [0.717, 1.165) is 0 Å². The Kier molecular flexibility index (Phi) is 9.89. The summed E-state index contributed by atoms with van der Waals surface area (Å²) in [4.78, 5) is 0. The molecule has 3 aromatic carbocycles. The van der Waals surface area contributed by atoms with Crippen molar-refractivity contribution in [1.82, 2.24) is 0 Å². The molecule has 0 radical (unpaired) electrons. The molecule has 0 spiro atoms. The lowest BCUT2D eigenvalue weighted by Gasteiger charge is -2.37. The Labute approximate surface area is 231 Å². The monoisotopic (exact) mass is 552 g/mol. The molecule has 0 aliphatic carbocycles. The maximum atomic E-state index is 2.62. The topological polar surface area (TPSA) is 0 Å². The van der Waals surface area contributed by atoms with E-state index in [0.29, 0.717) is 22.6 Å². The van der Waals surface area contributed by atoms with Gasteiger partial charge in [-0.3, -0.25) is 0 Å². The largest absolute Gasteiger partial charge is 0.103 e. The summed E-state index contributed by atoms with van der Waals surface area (Å²) in [5, 5.41) is 7.98. The molecule has 0 N–H and O–H groups in total. The Balaban J connectivity index is 2.49. The summed E-state index contributed by atoms with van der Waals surface area (Å²) < 4.78 is 0. The molecule has 3 aromatic rings. The average Bonchev–Trinajstić information content (AvgIpc) is 2.84. The van der Waals surface area contributed by atoms with E-state index in [1.165, 1.54) is 16.4 Å². The quantitative estimate of drug-likeness (QED) is 0.235. The fourth-order valence-electron chi connectivity index (χ4n) is 5.71. The van der Waals surface area contributed by atoms with Crippen LogP contribution in [0.3, 0.4) is 0 Å². The number of hydrogen-bond acceptors (Lipinski definition) is 0. The zero-order valence-corrected chi connectivity index (χ0v) is 28.2. The summed E-state index contributed by atoms with van der Waals surface area (Å²) in [6.45, 7) is 29.5. The summed E-state index contributed by atoms with van der Waals surface area (Å²) in [6, 6.07) is 26.3. The van der Waals surface area contributed by atoms with Crippen LogP contribution < -0.4 is 26.5 Å². The molecule has 0 aliphatic heterocycles. The van der Waals surface area contributed by atoms with Gasteiger partial charge in [-0.25, -0.2) is 0 Å². The lowest BCUT2D eigenvalue weighted by atomic mass is 10.2. The highest BCUT2D eigenvalue weighted by Crippen LogP contribution is 2.64. The zero-order chi connectivity index (χ0) is 27.7. The third kappa shape index (κ3) is 5.79. The van der Waals surface area contributed by atoms with Crippen LogP contribution in [0.5, 0.6) is 0 Å². The molecular weight excluding hydrogens is 501 g/mol. The molecule has 0 amide bonds. The van der Waals surface area contributed by atoms with E-state index in [1.54, 1.807) is 21.2 Å². The third-order valence-corrected chi connectivity index (χ3v) is 23.4. The standard InChI is InChI=1S/C34H51P3/c1-24(2)36(11,25(3)4)33-22-28(9)18-20-31(33)35(30-16-14-13-15-17-30)32-21-19-29(10)23-34(32)37(12,26(5)6)27(7)8/h13-27H,1-12H3/q+2. The van der Waals surface area contributed by atoms with E-state index < -0.39 is 22.4 Å². The maximum Gasteiger partial charge on any atom is 0.103 e. The zero-order valence-electron chi connectivity index (χ0n) is 25.5. The number of aryl methyl sites for hydroxylation is 2. The van der Waals surface area contributed by atoms with E-state index in [-0.39, 0.29) is 0 Å². The molecule has 0 aromatic heterocycles. The van der Waals surface area contributed by atoms with Gasteiger partial charge >= 0.3 is 0 Å². The van der Waals surface area contributed by atoms with Crippen LogP contribution in [0.2, 0.25) is 0 Å². The normalized spacial score (nSPS) is 13.0. The molecule has 0 nitrogen and oxygen atoms in total. The van der Waals surface area contributed by atoms with Gasteiger partial charge in [-0.2, -0.15) is 0 Å². The van der Waals surface area contributed by atoms with Gasteiger partial charge in [-0.1, -0.05) is 42.5 Å². The number of hydrogen-bond donors (Lipinski definition) is 0. The van der Waals surface area contributed by atoms with Gasteiger partial charge in [0.25, 0.3) is 0 Å². The lowest BCUT2D eigenvalue weighted by Crippen LogP contribution is -2.42. The number of benzene rings is 3. The molecule has 0 saturated carbocycles. The molecule has 37 heavy (non-hydrogen) atoms. The van der Waals surface area contributed by atoms with E-state index in [4.69, 9.17) is 0 Å². The van der Waals surface area contributed by atoms with Gasteiger partial charge in [0.05, 0.1) is 36.0 Å². The van der Waals surface area contributed by atoms with Crippen LogP contribution in [0.15, 0.2) is 66.7 Å². The van der Waals surface area contributed by atoms with Crippen molar-refractivity contribution in [2.24, 2.45) is 0 Å². The van der Waals surface area contributed by atoms with Gasteiger partial charge in [-0.05, 0) is 118 Å². The van der Waals surface area contributed by atoms with E-state index in [2.05, 4.69) is 149 Å². The summed E-state index contributed by atoms with van der Waals surface area (Å²) >= 11 is 0. The summed E-state index contributed by atoms with van der Waals surface area (Å²) in [7, 11) is -3.49. The Morgan fingerprint density at radius 3 is 1.19 bits per heavy atom. The third-order valence-electron chi connectivity index (χ3n) is 9.09. The second-order valence-corrected chi connectivity index (χ2v) is 24.2. The van der Waals surface area contributed by atoms with Crippen molar-refractivity contribution in [3.8, 4) is 0 Å². The predicted octanol–water partition coefficient (Wildman–Crippen LogP) is 8.24. The van der Waals surface area contributed by atoms with Gasteiger partial charge in [0.1, 0.15) is 10.6 Å². The first-order valence-electron chi connectivity index (χ1n) is 14.1. The highest BCUT2D eigenvalue weighted by Gasteiger charge is 2.47. The fourth-order valence-corrected chi connectivity index (χ4v) is 16.6. The Bertz CT molecular complexity index is 1100. The fraction of sp³-hybridized carbons (Fsp3) is 0.471. The molecule has 200 valence electrons. The molecule has 3 rings (SSSR count). The van der Waals surface area contributed by atoms with Crippen molar-refractivity contribution in [3.05, 3.63) is 77.9 Å². The van der Waals surface area contributed by atoms with Crippen molar-refractivity contribution >= 4 is 49.0 Å². The van der Waals surface area contributed by atoms with Crippen LogP contribution in [0.1, 0.15) is 66.5 Å². The highest BCUT2D eigenvalue weighted by atomic mass is 31.2. The van der Waals surface area contributed by atoms with Crippen molar-refractivity contribution in [2.75, 3.05) is 13.3 Å². The predicted molar refractivity (Wildman–Crippen MR) is 180 cm³/mol. The van der Waals surface area contributed by atoms with E-state index in [1.807, 2.05) is 0 Å². The molecular formula is C34H51P3+2. The second-order valence-electron chi connectivity index (χ2n) is 12.3. The van der Waals surface area contributed by atoms with Crippen LogP contribution >= 0.6 is 22.4 Å². The molecule has 0 fully saturated rings. The summed E-state index contributed by atoms with van der Waals surface area (Å²) in [5.74, 6) is 0. The molecule has 0 heterocycles. The van der Waals surface area contributed by atoms with Crippen molar-refractivity contribution in [1.29, 1.82) is 0 Å². The number of rotatable bonds is 9. The smallest absolute Gasteiger partial charge is 0.0622 e. The lowest BCUT2D eigenvalue weighted by molar-refractivity contribution is 0.998. The molecule has 0 aliphatic rings. The summed E-state index contributed by atoms with van der Waals surface area (Å²) in [5.41, 5.74) is 5.40. The van der Waals surface area contributed by atoms with Crippen LogP contribution in [-0.4, -0.2) is 36.0 Å².